The van der Waals surface area contributed by atoms with E-state index in [0.29, 0.717) is 22.1 Å². The van der Waals surface area contributed by atoms with Crippen LogP contribution in [0, 0.1) is 6.92 Å². The van der Waals surface area contributed by atoms with Crippen LogP contribution >= 0.6 is 11.6 Å². The number of hydrogen-bond donors (Lipinski definition) is 2. The molecule has 7 nitrogen and oxygen atoms in total. The number of carbonyl (C=O) groups is 1. The second-order valence-corrected chi connectivity index (χ2v) is 9.19. The molecule has 0 aliphatic carbocycles. The van der Waals surface area contributed by atoms with Gasteiger partial charge < -0.3 is 5.32 Å². The number of rotatable bonds is 5. The topological polar surface area (TPSA) is 107 Å². The molecule has 0 bridgehead atoms. The standard InChI is InChI=1S/C23H19ClN4O3S/c1-15-2-8-18(9-3-15)26-23(29)21-14-22(16-4-6-17(24)7-5-16)28(27-21)19-10-12-20(13-11-19)32(25,30)31/h2-14H,1H3,(H,26,29)(H2,25,30,31). The summed E-state index contributed by atoms with van der Waals surface area (Å²) in [6.45, 7) is 1.97. The van der Waals surface area contributed by atoms with Gasteiger partial charge in [-0.25, -0.2) is 18.2 Å². The molecule has 4 rings (SSSR count). The molecule has 3 N–H and O–H groups in total. The Morgan fingerprint density at radius 1 is 0.969 bits per heavy atom. The van der Waals surface area contributed by atoms with E-state index in [1.807, 2.05) is 43.3 Å². The first kappa shape index (κ1) is 21.8. The van der Waals surface area contributed by atoms with Gasteiger partial charge in [0.15, 0.2) is 5.69 Å². The van der Waals surface area contributed by atoms with E-state index in [4.69, 9.17) is 16.7 Å². The van der Waals surface area contributed by atoms with Crippen LogP contribution in [0.25, 0.3) is 16.9 Å². The van der Waals surface area contributed by atoms with Gasteiger partial charge in [-0.05, 0) is 61.5 Å². The zero-order valence-corrected chi connectivity index (χ0v) is 18.6. The van der Waals surface area contributed by atoms with E-state index in [2.05, 4.69) is 10.4 Å². The molecule has 0 saturated carbocycles. The quantitative estimate of drug-likeness (QED) is 0.454. The number of amides is 1. The summed E-state index contributed by atoms with van der Waals surface area (Å²) in [5.41, 5.74) is 3.93. The van der Waals surface area contributed by atoms with Gasteiger partial charge in [-0.15, -0.1) is 0 Å². The minimum Gasteiger partial charge on any atom is -0.321 e. The van der Waals surface area contributed by atoms with Crippen molar-refractivity contribution in [3.63, 3.8) is 0 Å². The summed E-state index contributed by atoms with van der Waals surface area (Å²) in [7, 11) is -3.82. The SMILES string of the molecule is Cc1ccc(NC(=O)c2cc(-c3ccc(Cl)cc3)n(-c3ccc(S(N)(=O)=O)cc3)n2)cc1. The Balaban J connectivity index is 1.75. The zero-order chi connectivity index (χ0) is 22.9. The van der Waals surface area contributed by atoms with Gasteiger partial charge in [0.05, 0.1) is 16.3 Å². The third kappa shape index (κ3) is 4.72. The number of nitrogens with zero attached hydrogens (tertiary/aromatic N) is 2. The highest BCUT2D eigenvalue weighted by atomic mass is 35.5. The maximum atomic E-state index is 12.9. The Kier molecular flexibility index (Phi) is 5.84. The van der Waals surface area contributed by atoms with Gasteiger partial charge in [-0.3, -0.25) is 4.79 Å². The molecule has 0 radical (unpaired) electrons. The van der Waals surface area contributed by atoms with Crippen LogP contribution in [0.5, 0.6) is 0 Å². The molecule has 3 aromatic carbocycles. The van der Waals surface area contributed by atoms with Crippen molar-refractivity contribution in [2.45, 2.75) is 11.8 Å². The number of nitrogens with two attached hydrogens (primary N) is 1. The van der Waals surface area contributed by atoms with Gasteiger partial charge in [-0.2, -0.15) is 5.10 Å². The summed E-state index contributed by atoms with van der Waals surface area (Å²) >= 11 is 6.02. The highest BCUT2D eigenvalue weighted by molar-refractivity contribution is 7.89. The van der Waals surface area contributed by atoms with Gasteiger partial charge in [-0.1, -0.05) is 41.4 Å². The number of halogens is 1. The average Bonchev–Trinajstić information content (AvgIpc) is 3.21. The van der Waals surface area contributed by atoms with Crippen molar-refractivity contribution >= 4 is 33.2 Å². The van der Waals surface area contributed by atoms with Crippen LogP contribution in [0.4, 0.5) is 5.69 Å². The normalized spacial score (nSPS) is 11.3. The number of aryl methyl sites for hydroxylation is 1. The predicted octanol–water partition coefficient (Wildman–Crippen LogP) is 4.40. The lowest BCUT2D eigenvalue weighted by Gasteiger charge is -2.08. The minimum absolute atomic E-state index is 0.0150. The van der Waals surface area contributed by atoms with Crippen molar-refractivity contribution in [1.29, 1.82) is 0 Å². The molecule has 0 fully saturated rings. The van der Waals surface area contributed by atoms with Crippen LogP contribution in [0.1, 0.15) is 16.1 Å². The Morgan fingerprint density at radius 3 is 2.19 bits per heavy atom. The first-order valence-electron chi connectivity index (χ1n) is 9.58. The largest absolute Gasteiger partial charge is 0.321 e. The fourth-order valence-electron chi connectivity index (χ4n) is 3.12. The molecule has 162 valence electrons. The fraction of sp³-hybridized carbons (Fsp3) is 0.0435. The van der Waals surface area contributed by atoms with Crippen LogP contribution < -0.4 is 10.5 Å². The van der Waals surface area contributed by atoms with Gasteiger partial charge >= 0.3 is 0 Å². The molecular formula is C23H19ClN4O3S. The maximum absolute atomic E-state index is 12.9. The third-order valence-corrected chi connectivity index (χ3v) is 5.98. The lowest BCUT2D eigenvalue weighted by atomic mass is 10.1. The van der Waals surface area contributed by atoms with E-state index in [1.165, 1.54) is 12.1 Å². The molecule has 0 atom stereocenters. The summed E-state index contributed by atoms with van der Waals surface area (Å²) in [4.78, 5) is 12.8. The molecule has 1 heterocycles. The summed E-state index contributed by atoms with van der Waals surface area (Å²) < 4.78 is 24.7. The molecule has 0 aliphatic heterocycles. The molecule has 1 amide bonds. The number of primary sulfonamides is 1. The number of nitrogens with one attached hydrogen (secondary N) is 1. The lowest BCUT2D eigenvalue weighted by molar-refractivity contribution is 0.102. The molecule has 0 saturated heterocycles. The lowest BCUT2D eigenvalue weighted by Crippen LogP contribution is -2.13. The van der Waals surface area contributed by atoms with Gasteiger partial charge in [0.2, 0.25) is 10.0 Å². The van der Waals surface area contributed by atoms with Gasteiger partial charge in [0.25, 0.3) is 5.91 Å². The maximum Gasteiger partial charge on any atom is 0.276 e. The highest BCUT2D eigenvalue weighted by Crippen LogP contribution is 2.26. The Labute approximate surface area is 190 Å². The molecule has 9 heteroatoms. The molecular weight excluding hydrogens is 448 g/mol. The van der Waals surface area contributed by atoms with Crippen LogP contribution in [-0.2, 0) is 10.0 Å². The van der Waals surface area contributed by atoms with Crippen LogP contribution in [0.3, 0.4) is 0 Å². The van der Waals surface area contributed by atoms with Crippen LogP contribution in [-0.4, -0.2) is 24.1 Å². The van der Waals surface area contributed by atoms with Crippen molar-refractivity contribution in [2.24, 2.45) is 5.14 Å². The molecule has 0 aliphatic rings. The first-order chi connectivity index (χ1) is 15.2. The van der Waals surface area contributed by atoms with Crippen molar-refractivity contribution < 1.29 is 13.2 Å². The highest BCUT2D eigenvalue weighted by Gasteiger charge is 2.18. The van der Waals surface area contributed by atoms with E-state index in [-0.39, 0.29) is 16.5 Å². The smallest absolute Gasteiger partial charge is 0.276 e. The summed E-state index contributed by atoms with van der Waals surface area (Å²) in [5, 5.41) is 13.1. The molecule has 4 aromatic rings. The predicted molar refractivity (Wildman–Crippen MR) is 125 cm³/mol. The Hall–Kier alpha value is -3.46. The Morgan fingerprint density at radius 2 is 1.59 bits per heavy atom. The number of anilines is 1. The number of aromatic nitrogens is 2. The molecule has 0 spiro atoms. The van der Waals surface area contributed by atoms with Crippen molar-refractivity contribution in [3.8, 4) is 16.9 Å². The summed E-state index contributed by atoms with van der Waals surface area (Å²) in [6, 6.07) is 22.2. The van der Waals surface area contributed by atoms with E-state index in [9.17, 15) is 13.2 Å². The van der Waals surface area contributed by atoms with Crippen molar-refractivity contribution in [3.05, 3.63) is 95.1 Å². The van der Waals surface area contributed by atoms with E-state index < -0.39 is 10.0 Å². The van der Waals surface area contributed by atoms with E-state index in [0.717, 1.165) is 11.1 Å². The van der Waals surface area contributed by atoms with E-state index >= 15 is 0 Å². The van der Waals surface area contributed by atoms with Crippen LogP contribution in [0.15, 0.2) is 83.8 Å². The second kappa shape index (κ2) is 8.58. The average molecular weight is 467 g/mol. The van der Waals surface area contributed by atoms with Crippen LogP contribution in [0.2, 0.25) is 5.02 Å². The Bertz CT molecular complexity index is 1380. The number of hydrogen-bond acceptors (Lipinski definition) is 4. The monoisotopic (exact) mass is 466 g/mol. The molecule has 0 unspecified atom stereocenters. The number of benzene rings is 3. The van der Waals surface area contributed by atoms with E-state index in [1.54, 1.807) is 35.0 Å². The first-order valence-corrected chi connectivity index (χ1v) is 11.5. The van der Waals surface area contributed by atoms with Crippen molar-refractivity contribution in [1.82, 2.24) is 9.78 Å². The van der Waals surface area contributed by atoms with Gasteiger partial charge in [0, 0.05) is 16.3 Å². The zero-order valence-electron chi connectivity index (χ0n) is 17.0. The minimum atomic E-state index is -3.82. The summed E-state index contributed by atoms with van der Waals surface area (Å²) in [6.07, 6.45) is 0. The number of carbonyl (C=O) groups excluding carboxylic acids is 1. The van der Waals surface area contributed by atoms with Crippen molar-refractivity contribution in [2.75, 3.05) is 5.32 Å². The van der Waals surface area contributed by atoms with Gasteiger partial charge in [0.1, 0.15) is 0 Å². The summed E-state index contributed by atoms with van der Waals surface area (Å²) in [5.74, 6) is -0.371. The second-order valence-electron chi connectivity index (χ2n) is 7.19. The fourth-order valence-corrected chi connectivity index (χ4v) is 3.77. The number of sulfonamides is 1. The molecule has 1 aromatic heterocycles. The third-order valence-electron chi connectivity index (χ3n) is 4.80. The molecule has 32 heavy (non-hydrogen) atoms.